The number of nitrogens with zero attached hydrogens (tertiary/aromatic N) is 3. The van der Waals surface area contributed by atoms with E-state index in [2.05, 4.69) is 23.5 Å². The second-order valence-electron chi connectivity index (χ2n) is 8.62. The topological polar surface area (TPSA) is 69.0 Å². The number of amides is 1. The van der Waals surface area contributed by atoms with Crippen LogP contribution in [0.4, 0.5) is 5.82 Å². The number of benzene rings is 2. The number of anilines is 1. The van der Waals surface area contributed by atoms with Crippen molar-refractivity contribution in [2.75, 3.05) is 5.32 Å². The molecule has 1 aliphatic heterocycles. The number of thiazole rings is 1. The quantitative estimate of drug-likeness (QED) is 0.446. The molecule has 0 saturated heterocycles. The van der Waals surface area contributed by atoms with Gasteiger partial charge in [0.1, 0.15) is 11.6 Å². The fourth-order valence-electron chi connectivity index (χ4n) is 4.90. The molecule has 0 radical (unpaired) electrons. The highest BCUT2D eigenvalue weighted by molar-refractivity contribution is 7.20. The number of carbonyl (C=O) groups is 1. The van der Waals surface area contributed by atoms with Crippen LogP contribution in [0, 0.1) is 6.92 Å². The number of fused-ring (bicyclic) bond motifs is 2. The van der Waals surface area contributed by atoms with Crippen molar-refractivity contribution < 1.29 is 9.53 Å². The number of para-hydroxylation sites is 1. The van der Waals surface area contributed by atoms with Gasteiger partial charge < -0.3 is 10.1 Å². The summed E-state index contributed by atoms with van der Waals surface area (Å²) in [6, 6.07) is 16.3. The number of ether oxygens (including phenoxy) is 1. The van der Waals surface area contributed by atoms with Crippen molar-refractivity contribution in [2.45, 2.75) is 51.0 Å². The van der Waals surface area contributed by atoms with E-state index < -0.39 is 0 Å². The summed E-state index contributed by atoms with van der Waals surface area (Å²) in [5.74, 6) is 1.59. The van der Waals surface area contributed by atoms with Crippen LogP contribution in [0.2, 0.25) is 0 Å². The molecule has 162 valence electrons. The van der Waals surface area contributed by atoms with Gasteiger partial charge in [0.05, 0.1) is 22.0 Å². The fourth-order valence-corrected chi connectivity index (χ4v) is 5.82. The van der Waals surface area contributed by atoms with Crippen molar-refractivity contribution in [2.24, 2.45) is 0 Å². The Hall–Kier alpha value is -3.19. The zero-order chi connectivity index (χ0) is 21.7. The van der Waals surface area contributed by atoms with Crippen molar-refractivity contribution in [1.29, 1.82) is 0 Å². The van der Waals surface area contributed by atoms with Crippen molar-refractivity contribution in [3.63, 3.8) is 0 Å². The molecule has 1 N–H and O–H groups in total. The molecule has 2 aromatic heterocycles. The molecule has 0 unspecified atom stereocenters. The Morgan fingerprint density at radius 3 is 2.66 bits per heavy atom. The Labute approximate surface area is 190 Å². The van der Waals surface area contributed by atoms with Crippen LogP contribution in [0.1, 0.15) is 54.8 Å². The smallest absolute Gasteiger partial charge is 0.226 e. The van der Waals surface area contributed by atoms with Crippen LogP contribution in [0.25, 0.3) is 15.3 Å². The van der Waals surface area contributed by atoms with Gasteiger partial charge >= 0.3 is 0 Å². The molecule has 32 heavy (non-hydrogen) atoms. The molecular formula is C25H24N4O2S. The number of aryl methyl sites for hydroxylation is 1. The van der Waals surface area contributed by atoms with Gasteiger partial charge in [0.2, 0.25) is 11.0 Å². The maximum Gasteiger partial charge on any atom is 0.226 e. The first-order valence-corrected chi connectivity index (χ1v) is 12.0. The summed E-state index contributed by atoms with van der Waals surface area (Å²) in [6.45, 7) is 2.00. The third-order valence-corrected chi connectivity index (χ3v) is 7.47. The summed E-state index contributed by atoms with van der Waals surface area (Å²) in [7, 11) is 0. The molecule has 1 atom stereocenters. The van der Waals surface area contributed by atoms with E-state index in [9.17, 15) is 4.79 Å². The summed E-state index contributed by atoms with van der Waals surface area (Å²) in [4.78, 5) is 17.4. The van der Waals surface area contributed by atoms with Crippen LogP contribution in [0.3, 0.4) is 0 Å². The maximum atomic E-state index is 12.7. The minimum atomic E-state index is -0.0394. The number of nitrogens with one attached hydrogen (secondary N) is 1. The van der Waals surface area contributed by atoms with E-state index in [1.165, 1.54) is 12.8 Å². The predicted octanol–water partition coefficient (Wildman–Crippen LogP) is 5.59. The SMILES string of the molecule is Cc1nn(-c2nc3ccccc3s2)c2c1[C@H](c1ccc(OC3CCCC3)cc1)CC(=O)N2. The lowest BCUT2D eigenvalue weighted by atomic mass is 9.86. The van der Waals surface area contributed by atoms with Crippen molar-refractivity contribution >= 4 is 33.3 Å². The Morgan fingerprint density at radius 2 is 1.88 bits per heavy atom. The van der Waals surface area contributed by atoms with E-state index in [1.807, 2.05) is 37.3 Å². The van der Waals surface area contributed by atoms with Crippen LogP contribution in [0.15, 0.2) is 48.5 Å². The molecule has 6 rings (SSSR count). The molecule has 3 heterocycles. The monoisotopic (exact) mass is 444 g/mol. The molecule has 2 aliphatic rings. The summed E-state index contributed by atoms with van der Waals surface area (Å²) in [6.07, 6.45) is 5.52. The second-order valence-corrected chi connectivity index (χ2v) is 9.63. The lowest BCUT2D eigenvalue weighted by Gasteiger charge is -2.24. The molecule has 0 bridgehead atoms. The van der Waals surface area contributed by atoms with E-state index >= 15 is 0 Å². The average Bonchev–Trinajstić information content (AvgIpc) is 3.53. The van der Waals surface area contributed by atoms with Crippen LogP contribution in [-0.4, -0.2) is 26.8 Å². The first-order valence-electron chi connectivity index (χ1n) is 11.2. The molecule has 0 spiro atoms. The van der Waals surface area contributed by atoms with E-state index in [-0.39, 0.29) is 11.8 Å². The van der Waals surface area contributed by atoms with Gasteiger partial charge in [0, 0.05) is 17.9 Å². The highest BCUT2D eigenvalue weighted by Crippen LogP contribution is 2.41. The third-order valence-electron chi connectivity index (χ3n) is 6.45. The molecule has 6 nitrogen and oxygen atoms in total. The molecule has 2 aromatic carbocycles. The highest BCUT2D eigenvalue weighted by Gasteiger charge is 2.33. The van der Waals surface area contributed by atoms with Gasteiger partial charge in [-0.15, -0.1) is 0 Å². The number of aromatic nitrogens is 3. The standard InChI is InChI=1S/C25H24N4O2S/c1-15-23-19(16-10-12-18(13-11-16)31-17-6-2-3-7-17)14-22(30)27-24(23)29(28-15)25-26-20-8-4-5-9-21(20)32-25/h4-5,8-13,17,19H,2-3,6-7,14H2,1H3,(H,27,30)/t19-/m0/s1. The van der Waals surface area contributed by atoms with Gasteiger partial charge in [0.15, 0.2) is 0 Å². The molecule has 1 aliphatic carbocycles. The summed E-state index contributed by atoms with van der Waals surface area (Å²) in [5.41, 5.74) is 4.02. The fraction of sp³-hybridized carbons (Fsp3) is 0.320. The molecular weight excluding hydrogens is 420 g/mol. The van der Waals surface area contributed by atoms with E-state index in [0.717, 1.165) is 56.6 Å². The summed E-state index contributed by atoms with van der Waals surface area (Å²) in [5, 5.41) is 8.60. The van der Waals surface area contributed by atoms with Crippen molar-refractivity contribution in [1.82, 2.24) is 14.8 Å². The van der Waals surface area contributed by atoms with E-state index in [1.54, 1.807) is 16.0 Å². The van der Waals surface area contributed by atoms with Gasteiger partial charge in [-0.3, -0.25) is 4.79 Å². The van der Waals surface area contributed by atoms with Gasteiger partial charge in [-0.1, -0.05) is 35.6 Å². The molecule has 1 amide bonds. The zero-order valence-electron chi connectivity index (χ0n) is 17.9. The predicted molar refractivity (Wildman–Crippen MR) is 126 cm³/mol. The minimum absolute atomic E-state index is 0.00366. The minimum Gasteiger partial charge on any atom is -0.490 e. The lowest BCUT2D eigenvalue weighted by molar-refractivity contribution is -0.116. The Balaban J connectivity index is 1.36. The van der Waals surface area contributed by atoms with Crippen molar-refractivity contribution in [3.05, 3.63) is 65.4 Å². The zero-order valence-corrected chi connectivity index (χ0v) is 18.7. The number of hydrogen-bond donors (Lipinski definition) is 1. The van der Waals surface area contributed by atoms with Gasteiger partial charge in [-0.25, -0.2) is 4.98 Å². The highest BCUT2D eigenvalue weighted by atomic mass is 32.1. The maximum absolute atomic E-state index is 12.7. The number of hydrogen-bond acceptors (Lipinski definition) is 5. The summed E-state index contributed by atoms with van der Waals surface area (Å²) < 4.78 is 9.01. The van der Waals surface area contributed by atoms with Crippen LogP contribution in [-0.2, 0) is 4.79 Å². The Bertz CT molecular complexity index is 1270. The molecule has 1 saturated carbocycles. The normalized spacial score (nSPS) is 18.7. The van der Waals surface area contributed by atoms with Crippen molar-refractivity contribution in [3.8, 4) is 10.9 Å². The number of carbonyl (C=O) groups excluding carboxylic acids is 1. The Kier molecular flexibility index (Phi) is 4.72. The summed E-state index contributed by atoms with van der Waals surface area (Å²) >= 11 is 1.57. The van der Waals surface area contributed by atoms with Crippen LogP contribution in [0.5, 0.6) is 5.75 Å². The van der Waals surface area contributed by atoms with Gasteiger partial charge in [-0.2, -0.15) is 9.78 Å². The van der Waals surface area contributed by atoms with Crippen LogP contribution >= 0.6 is 11.3 Å². The first kappa shape index (κ1) is 19.5. The lowest BCUT2D eigenvalue weighted by Crippen LogP contribution is -2.24. The van der Waals surface area contributed by atoms with Gasteiger partial charge in [-0.05, 0) is 62.4 Å². The van der Waals surface area contributed by atoms with Crippen LogP contribution < -0.4 is 10.1 Å². The van der Waals surface area contributed by atoms with E-state index in [4.69, 9.17) is 14.8 Å². The molecule has 1 fully saturated rings. The number of rotatable bonds is 4. The average molecular weight is 445 g/mol. The Morgan fingerprint density at radius 1 is 1.09 bits per heavy atom. The first-order chi connectivity index (χ1) is 15.7. The van der Waals surface area contributed by atoms with Gasteiger partial charge in [0.25, 0.3) is 0 Å². The van der Waals surface area contributed by atoms with E-state index in [0.29, 0.717) is 12.5 Å². The second kappa shape index (κ2) is 7.74. The molecule has 7 heteroatoms. The third kappa shape index (κ3) is 3.37. The largest absolute Gasteiger partial charge is 0.490 e. The molecule has 4 aromatic rings.